The van der Waals surface area contributed by atoms with E-state index in [9.17, 15) is 9.50 Å². The molecule has 0 spiro atoms. The third-order valence-electron chi connectivity index (χ3n) is 3.70. The predicted molar refractivity (Wildman–Crippen MR) is 75.4 cm³/mol. The number of aliphatic hydroxyl groups is 1. The highest BCUT2D eigenvalue weighted by Crippen LogP contribution is 2.29. The van der Waals surface area contributed by atoms with Gasteiger partial charge in [-0.25, -0.2) is 4.39 Å². The van der Waals surface area contributed by atoms with E-state index in [2.05, 4.69) is 21.2 Å². The Morgan fingerprint density at radius 3 is 2.74 bits per heavy atom. The van der Waals surface area contributed by atoms with Gasteiger partial charge in [-0.15, -0.1) is 0 Å². The van der Waals surface area contributed by atoms with Gasteiger partial charge in [-0.05, 0) is 46.5 Å². The maximum atomic E-state index is 13.4. The molecule has 0 amide bonds. The third kappa shape index (κ3) is 3.99. The molecule has 106 valence electrons. The second-order valence-electron chi connectivity index (χ2n) is 5.12. The predicted octanol–water partition coefficient (Wildman–Crippen LogP) is 2.47. The minimum Gasteiger partial charge on any atom is -0.396 e. The molecule has 3 nitrogen and oxygen atoms in total. The molecule has 2 rings (SSSR count). The van der Waals surface area contributed by atoms with E-state index in [0.29, 0.717) is 24.2 Å². The van der Waals surface area contributed by atoms with Crippen molar-refractivity contribution in [3.05, 3.63) is 34.1 Å². The molecular weight excluding hydrogens is 313 g/mol. The Morgan fingerprint density at radius 2 is 2.11 bits per heavy atom. The van der Waals surface area contributed by atoms with E-state index in [4.69, 9.17) is 4.74 Å². The Labute approximate surface area is 121 Å². The largest absolute Gasteiger partial charge is 0.396 e. The van der Waals surface area contributed by atoms with Crippen LogP contribution in [0, 0.1) is 11.2 Å². The summed E-state index contributed by atoms with van der Waals surface area (Å²) in [6.45, 7) is 2.90. The van der Waals surface area contributed by atoms with Gasteiger partial charge in [0.25, 0.3) is 0 Å². The van der Waals surface area contributed by atoms with Crippen molar-refractivity contribution in [3.63, 3.8) is 0 Å². The van der Waals surface area contributed by atoms with Crippen LogP contribution in [0.25, 0.3) is 0 Å². The number of aliphatic hydroxyl groups excluding tert-OH is 1. The maximum absolute atomic E-state index is 13.4. The minimum atomic E-state index is -0.248. The second kappa shape index (κ2) is 6.79. The van der Waals surface area contributed by atoms with Gasteiger partial charge < -0.3 is 15.2 Å². The van der Waals surface area contributed by atoms with Gasteiger partial charge in [0.05, 0.1) is 11.1 Å². The average Bonchev–Trinajstić information content (AvgIpc) is 2.44. The Kier molecular flexibility index (Phi) is 5.33. The molecule has 1 aromatic rings. The number of hydrogen-bond acceptors (Lipinski definition) is 3. The van der Waals surface area contributed by atoms with Crippen molar-refractivity contribution in [2.75, 3.05) is 26.4 Å². The SMILES string of the molecule is OCC1(CNCc2ccc(Br)c(F)c2)CCOCC1. The summed E-state index contributed by atoms with van der Waals surface area (Å²) < 4.78 is 19.2. The van der Waals surface area contributed by atoms with Crippen molar-refractivity contribution in [2.24, 2.45) is 5.41 Å². The zero-order chi connectivity index (χ0) is 13.7. The summed E-state index contributed by atoms with van der Waals surface area (Å²) in [6, 6.07) is 5.12. The van der Waals surface area contributed by atoms with Gasteiger partial charge in [-0.3, -0.25) is 0 Å². The van der Waals surface area contributed by atoms with Crippen LogP contribution in [0.2, 0.25) is 0 Å². The first-order chi connectivity index (χ1) is 9.15. The van der Waals surface area contributed by atoms with E-state index in [1.807, 2.05) is 6.07 Å². The summed E-state index contributed by atoms with van der Waals surface area (Å²) in [5.74, 6) is -0.248. The second-order valence-corrected chi connectivity index (χ2v) is 5.98. The van der Waals surface area contributed by atoms with Crippen LogP contribution in [0.1, 0.15) is 18.4 Å². The smallest absolute Gasteiger partial charge is 0.137 e. The van der Waals surface area contributed by atoms with Crippen molar-refractivity contribution in [3.8, 4) is 0 Å². The maximum Gasteiger partial charge on any atom is 0.137 e. The molecule has 0 unspecified atom stereocenters. The van der Waals surface area contributed by atoms with Gasteiger partial charge in [0.15, 0.2) is 0 Å². The highest BCUT2D eigenvalue weighted by molar-refractivity contribution is 9.10. The first-order valence-electron chi connectivity index (χ1n) is 6.48. The van der Waals surface area contributed by atoms with E-state index in [0.717, 1.165) is 24.9 Å². The molecular formula is C14H19BrFNO2. The molecule has 1 aliphatic rings. The Bertz CT molecular complexity index is 422. The molecule has 19 heavy (non-hydrogen) atoms. The van der Waals surface area contributed by atoms with Crippen molar-refractivity contribution in [1.82, 2.24) is 5.32 Å². The fourth-order valence-corrected chi connectivity index (χ4v) is 2.56. The molecule has 1 heterocycles. The van der Waals surface area contributed by atoms with E-state index < -0.39 is 0 Å². The minimum absolute atomic E-state index is 0.0911. The molecule has 0 aromatic heterocycles. The standard InChI is InChI=1S/C14H19BrFNO2/c15-12-2-1-11(7-13(12)16)8-17-9-14(10-18)3-5-19-6-4-14/h1-2,7,17-18H,3-6,8-10H2. The van der Waals surface area contributed by atoms with Crippen LogP contribution in [-0.4, -0.2) is 31.5 Å². The number of rotatable bonds is 5. The molecule has 1 fully saturated rings. The quantitative estimate of drug-likeness (QED) is 0.870. The molecule has 1 aromatic carbocycles. The van der Waals surface area contributed by atoms with Crippen LogP contribution in [0.4, 0.5) is 4.39 Å². The van der Waals surface area contributed by atoms with E-state index in [1.54, 1.807) is 6.07 Å². The molecule has 1 aliphatic heterocycles. The zero-order valence-electron chi connectivity index (χ0n) is 10.8. The number of hydrogen-bond donors (Lipinski definition) is 2. The fourth-order valence-electron chi connectivity index (χ4n) is 2.32. The Morgan fingerprint density at radius 1 is 1.37 bits per heavy atom. The lowest BCUT2D eigenvalue weighted by Crippen LogP contribution is -2.41. The normalized spacial score (nSPS) is 18.5. The zero-order valence-corrected chi connectivity index (χ0v) is 12.4. The molecule has 0 aliphatic carbocycles. The number of ether oxygens (including phenoxy) is 1. The van der Waals surface area contributed by atoms with Crippen molar-refractivity contribution < 1.29 is 14.2 Å². The van der Waals surface area contributed by atoms with E-state index >= 15 is 0 Å². The van der Waals surface area contributed by atoms with E-state index in [1.165, 1.54) is 6.07 Å². The van der Waals surface area contributed by atoms with Crippen LogP contribution in [-0.2, 0) is 11.3 Å². The van der Waals surface area contributed by atoms with Crippen molar-refractivity contribution in [1.29, 1.82) is 0 Å². The molecule has 5 heteroatoms. The molecule has 1 saturated heterocycles. The summed E-state index contributed by atoms with van der Waals surface area (Å²) >= 11 is 3.14. The average molecular weight is 332 g/mol. The van der Waals surface area contributed by atoms with Gasteiger partial charge in [0.1, 0.15) is 5.82 Å². The summed E-state index contributed by atoms with van der Waals surface area (Å²) in [4.78, 5) is 0. The highest BCUT2D eigenvalue weighted by atomic mass is 79.9. The summed E-state index contributed by atoms with van der Waals surface area (Å²) in [7, 11) is 0. The van der Waals surface area contributed by atoms with Gasteiger partial charge in [0.2, 0.25) is 0 Å². The van der Waals surface area contributed by atoms with Gasteiger partial charge in [0, 0.05) is 31.7 Å². The van der Waals surface area contributed by atoms with Crippen LogP contribution >= 0.6 is 15.9 Å². The summed E-state index contributed by atoms with van der Waals surface area (Å²) in [5.41, 5.74) is 0.812. The Balaban J connectivity index is 1.86. The first-order valence-corrected chi connectivity index (χ1v) is 7.28. The van der Waals surface area contributed by atoms with Gasteiger partial charge in [-0.1, -0.05) is 6.07 Å². The number of halogens is 2. The summed E-state index contributed by atoms with van der Waals surface area (Å²) in [6.07, 6.45) is 1.73. The van der Waals surface area contributed by atoms with Crippen molar-refractivity contribution in [2.45, 2.75) is 19.4 Å². The van der Waals surface area contributed by atoms with Gasteiger partial charge in [-0.2, -0.15) is 0 Å². The van der Waals surface area contributed by atoms with Crippen molar-refractivity contribution >= 4 is 15.9 Å². The topological polar surface area (TPSA) is 41.5 Å². The van der Waals surface area contributed by atoms with E-state index in [-0.39, 0.29) is 17.8 Å². The first kappa shape index (κ1) is 14.9. The van der Waals surface area contributed by atoms with Crippen LogP contribution in [0.3, 0.4) is 0 Å². The summed E-state index contributed by atoms with van der Waals surface area (Å²) in [5, 5.41) is 12.9. The number of benzene rings is 1. The van der Waals surface area contributed by atoms with Crippen LogP contribution in [0.5, 0.6) is 0 Å². The monoisotopic (exact) mass is 331 g/mol. The molecule has 2 N–H and O–H groups in total. The van der Waals surface area contributed by atoms with Crippen LogP contribution in [0.15, 0.2) is 22.7 Å². The lowest BCUT2D eigenvalue weighted by atomic mass is 9.81. The molecule has 0 atom stereocenters. The third-order valence-corrected chi connectivity index (χ3v) is 4.35. The molecule has 0 saturated carbocycles. The van der Waals surface area contributed by atoms with Crippen LogP contribution < -0.4 is 5.32 Å². The van der Waals surface area contributed by atoms with Gasteiger partial charge >= 0.3 is 0 Å². The molecule has 0 bridgehead atoms. The lowest BCUT2D eigenvalue weighted by molar-refractivity contribution is -0.0154. The lowest BCUT2D eigenvalue weighted by Gasteiger charge is -2.35. The fraction of sp³-hybridized carbons (Fsp3) is 0.571. The highest BCUT2D eigenvalue weighted by Gasteiger charge is 2.31. The molecule has 0 radical (unpaired) electrons. The number of nitrogens with one attached hydrogen (secondary N) is 1. The Hall–Kier alpha value is -0.490.